The van der Waals surface area contributed by atoms with E-state index in [4.69, 9.17) is 19.3 Å². The number of Topliss-reactive ketones (excluding diaryl/α,β-unsaturated/α-hetero) is 1. The summed E-state index contributed by atoms with van der Waals surface area (Å²) in [5.41, 5.74) is 0.145. The van der Waals surface area contributed by atoms with E-state index in [-0.39, 0.29) is 36.6 Å². The average molecular weight is 836 g/mol. The first-order valence-corrected chi connectivity index (χ1v) is 19.7. The lowest BCUT2D eigenvalue weighted by Crippen LogP contribution is -2.35. The Kier molecular flexibility index (Phi) is 21.8. The zero-order chi connectivity index (χ0) is 44.4. The molecular weight excluding hydrogens is 773 g/mol. The number of carboxylic acid groups (broad SMARTS) is 1. The Bertz CT molecular complexity index is 1510. The van der Waals surface area contributed by atoms with Gasteiger partial charge in [-0.2, -0.15) is 0 Å². The Labute approximate surface area is 335 Å². The predicted octanol–water partition coefficient (Wildman–Crippen LogP) is 5.21. The van der Waals surface area contributed by atoms with Crippen LogP contribution in [-0.4, -0.2) is 152 Å². The quantitative estimate of drug-likeness (QED) is 0.157. The molecule has 3 saturated heterocycles. The summed E-state index contributed by atoms with van der Waals surface area (Å²) >= 11 is 0. The normalized spacial score (nSPS) is 17.0. The molecular formula is C37H62N3O16P. The van der Waals surface area contributed by atoms with Crippen LogP contribution in [0.3, 0.4) is 0 Å². The smallest absolute Gasteiger partial charge is 0.410 e. The Morgan fingerprint density at radius 3 is 1.28 bits per heavy atom. The molecule has 0 aliphatic carbocycles. The second kappa shape index (κ2) is 23.7. The molecule has 3 heterocycles. The zero-order valence-corrected chi connectivity index (χ0v) is 36.5. The van der Waals surface area contributed by atoms with E-state index in [1.54, 1.807) is 25.7 Å². The molecule has 0 aromatic carbocycles. The third-order valence-corrected chi connectivity index (χ3v) is 8.89. The van der Waals surface area contributed by atoms with Crippen LogP contribution in [0.4, 0.5) is 14.4 Å². The lowest BCUT2D eigenvalue weighted by atomic mass is 10.2. The maximum atomic E-state index is 11.7. The lowest BCUT2D eigenvalue weighted by molar-refractivity contribution is -0.138. The molecule has 20 heteroatoms. The Balaban J connectivity index is 0.000000744. The van der Waals surface area contributed by atoms with Gasteiger partial charge in [0.2, 0.25) is 0 Å². The van der Waals surface area contributed by atoms with Gasteiger partial charge in [-0.25, -0.2) is 24.0 Å². The zero-order valence-electron chi connectivity index (χ0n) is 35.6. The summed E-state index contributed by atoms with van der Waals surface area (Å²) in [6.45, 7) is 18.9. The van der Waals surface area contributed by atoms with Crippen molar-refractivity contribution in [3.63, 3.8) is 0 Å². The monoisotopic (exact) mass is 835 g/mol. The van der Waals surface area contributed by atoms with Gasteiger partial charge in [0.25, 0.3) is 0 Å². The second-order valence-electron chi connectivity index (χ2n) is 15.7. The largest absolute Gasteiger partial charge is 0.478 e. The number of carbonyl (C=O) groups is 7. The summed E-state index contributed by atoms with van der Waals surface area (Å²) in [5.74, 6) is -1.87. The van der Waals surface area contributed by atoms with Gasteiger partial charge in [-0.1, -0.05) is 0 Å². The topological polar surface area (TPSA) is 231 Å². The van der Waals surface area contributed by atoms with Crippen molar-refractivity contribution < 1.29 is 76.0 Å². The van der Waals surface area contributed by atoms with E-state index in [9.17, 15) is 38.1 Å². The maximum Gasteiger partial charge on any atom is 0.410 e. The Morgan fingerprint density at radius 2 is 0.982 bits per heavy atom. The van der Waals surface area contributed by atoms with Gasteiger partial charge in [0.1, 0.15) is 23.0 Å². The van der Waals surface area contributed by atoms with E-state index >= 15 is 0 Å². The number of amides is 3. The highest BCUT2D eigenvalue weighted by atomic mass is 31.2. The van der Waals surface area contributed by atoms with Gasteiger partial charge in [-0.3, -0.25) is 14.2 Å². The molecule has 326 valence electrons. The molecule has 3 fully saturated rings. The van der Waals surface area contributed by atoms with Crippen LogP contribution >= 0.6 is 7.60 Å². The van der Waals surface area contributed by atoms with Crippen molar-refractivity contribution >= 4 is 49.6 Å². The Morgan fingerprint density at radius 1 is 0.614 bits per heavy atom. The van der Waals surface area contributed by atoms with Crippen LogP contribution in [-0.2, 0) is 56.5 Å². The molecule has 3 rings (SSSR count). The second-order valence-corrected chi connectivity index (χ2v) is 17.9. The van der Waals surface area contributed by atoms with Crippen molar-refractivity contribution in [2.24, 2.45) is 0 Å². The molecule has 0 atom stereocenters. The summed E-state index contributed by atoms with van der Waals surface area (Å²) in [6.07, 6.45) is 2.87. The molecule has 0 saturated carbocycles. The Hall–Kier alpha value is -4.48. The van der Waals surface area contributed by atoms with Crippen molar-refractivity contribution in [2.45, 2.75) is 98.4 Å². The van der Waals surface area contributed by atoms with Crippen molar-refractivity contribution in [1.29, 1.82) is 0 Å². The summed E-state index contributed by atoms with van der Waals surface area (Å²) in [7, 11) is 1.74. The summed E-state index contributed by atoms with van der Waals surface area (Å²) < 4.78 is 44.5. The van der Waals surface area contributed by atoms with Gasteiger partial charge in [0, 0.05) is 65.5 Å². The van der Waals surface area contributed by atoms with Crippen LogP contribution < -0.4 is 0 Å². The first-order valence-electron chi connectivity index (χ1n) is 18.0. The average Bonchev–Trinajstić information content (AvgIpc) is 3.85. The molecule has 3 amide bonds. The summed E-state index contributed by atoms with van der Waals surface area (Å²) in [6, 6.07) is 0. The molecule has 3 aliphatic rings. The third kappa shape index (κ3) is 24.0. The number of esters is 2. The van der Waals surface area contributed by atoms with E-state index < -0.39 is 42.4 Å². The lowest BCUT2D eigenvalue weighted by Gasteiger charge is -2.23. The number of carbonyl (C=O) groups excluding carboxylic acids is 6. The molecule has 57 heavy (non-hydrogen) atoms. The molecule has 19 nitrogen and oxygen atoms in total. The van der Waals surface area contributed by atoms with Crippen molar-refractivity contribution in [3.05, 3.63) is 23.3 Å². The molecule has 0 aromatic heterocycles. The van der Waals surface area contributed by atoms with E-state index in [0.29, 0.717) is 52.0 Å². The molecule has 0 radical (unpaired) electrons. The van der Waals surface area contributed by atoms with Gasteiger partial charge in [0.05, 0.1) is 20.8 Å². The number of hydrogen-bond acceptors (Lipinski definition) is 15. The van der Waals surface area contributed by atoms with E-state index in [1.165, 1.54) is 44.3 Å². The number of ketones is 1. The first-order chi connectivity index (χ1) is 26.1. The van der Waals surface area contributed by atoms with Gasteiger partial charge >= 0.3 is 43.8 Å². The van der Waals surface area contributed by atoms with Gasteiger partial charge in [0.15, 0.2) is 5.78 Å². The van der Waals surface area contributed by atoms with Crippen LogP contribution in [0.5, 0.6) is 0 Å². The van der Waals surface area contributed by atoms with Crippen LogP contribution in [0.2, 0.25) is 0 Å². The minimum Gasteiger partial charge on any atom is -0.478 e. The highest BCUT2D eigenvalue weighted by molar-refractivity contribution is 7.54. The van der Waals surface area contributed by atoms with Crippen LogP contribution in [0, 0.1) is 0 Å². The number of hydrogen-bond donors (Lipinski definition) is 1. The molecule has 0 aromatic rings. The van der Waals surface area contributed by atoms with Gasteiger partial charge < -0.3 is 52.5 Å². The fourth-order valence-electron chi connectivity index (χ4n) is 4.50. The number of likely N-dealkylation sites (tertiary alicyclic amines) is 3. The number of carboxylic acids is 1. The molecule has 0 unspecified atom stereocenters. The number of nitrogens with zero attached hydrogens (tertiary/aromatic N) is 3. The number of aliphatic carboxylic acids is 1. The predicted molar refractivity (Wildman–Crippen MR) is 207 cm³/mol. The minimum atomic E-state index is -3.23. The van der Waals surface area contributed by atoms with Gasteiger partial charge in [-0.15, -0.1) is 0 Å². The fraction of sp³-hybridized carbons (Fsp3) is 0.703. The number of ether oxygens (including phenoxy) is 5. The van der Waals surface area contributed by atoms with Crippen LogP contribution in [0.25, 0.3) is 0 Å². The van der Waals surface area contributed by atoms with E-state index in [1.807, 2.05) is 41.5 Å². The van der Waals surface area contributed by atoms with Crippen molar-refractivity contribution in [2.75, 3.05) is 73.9 Å². The van der Waals surface area contributed by atoms with Crippen molar-refractivity contribution in [1.82, 2.24) is 14.7 Å². The highest BCUT2D eigenvalue weighted by Crippen LogP contribution is 2.45. The molecule has 3 aliphatic heterocycles. The van der Waals surface area contributed by atoms with E-state index in [0.717, 1.165) is 17.2 Å². The molecule has 0 bridgehead atoms. The fourth-order valence-corrected chi connectivity index (χ4v) is 5.36. The summed E-state index contributed by atoms with van der Waals surface area (Å²) in [4.78, 5) is 82.2. The SMILES string of the molecule is CC(C)(C)OC(=O)N1CCC(=CC(=O)O)C1.CC(C)(C)OC(=O)N1CCC(=O)C1.COC(=O)C=C1CCN(C(=O)OC(C)(C)C)C1.COC(=O)CP(=O)(OC)OC. The first kappa shape index (κ1) is 52.5. The minimum absolute atomic E-state index is 0.103. The number of rotatable bonds is 6. The highest BCUT2D eigenvalue weighted by Gasteiger charge is 2.30. The number of methoxy groups -OCH3 is 2. The standard InChI is InChI=1S/C12H19NO4.C11H17NO4.C9H15NO3.C5H11O5P/c1-12(2,3)17-11(15)13-6-5-9(8-13)7-10(14)16-4;1-11(2,3)16-10(15)12-5-4-8(7-12)6-9(13)14;1-9(2,3)13-8(12)10-5-4-7(11)6-10;1-8-5(6)4-11(7,9-2)10-3/h7H,5-6,8H2,1-4H3;6H,4-5,7H2,1-3H3,(H,13,14);4-6H2,1-3H3;4H2,1-3H3. The van der Waals surface area contributed by atoms with E-state index in [2.05, 4.69) is 18.5 Å². The molecule has 1 N–H and O–H groups in total. The third-order valence-electron chi connectivity index (χ3n) is 7.13. The maximum absolute atomic E-state index is 11.7. The van der Waals surface area contributed by atoms with Crippen molar-refractivity contribution in [3.8, 4) is 0 Å². The van der Waals surface area contributed by atoms with Gasteiger partial charge in [-0.05, 0) is 86.3 Å². The molecule has 0 spiro atoms. The van der Waals surface area contributed by atoms with Crippen LogP contribution in [0.1, 0.15) is 81.6 Å². The summed E-state index contributed by atoms with van der Waals surface area (Å²) in [5, 5.41) is 8.57. The van der Waals surface area contributed by atoms with Crippen LogP contribution in [0.15, 0.2) is 23.3 Å².